The van der Waals surface area contributed by atoms with E-state index < -0.39 is 12.0 Å². The summed E-state index contributed by atoms with van der Waals surface area (Å²) in [7, 11) is 0. The van der Waals surface area contributed by atoms with Crippen molar-refractivity contribution in [1.82, 2.24) is 0 Å². The van der Waals surface area contributed by atoms with Crippen LogP contribution < -0.4 is 4.90 Å². The molecule has 1 atom stereocenters. The van der Waals surface area contributed by atoms with Gasteiger partial charge in [-0.15, -0.1) is 22.7 Å². The minimum atomic E-state index is -0.843. The smallest absolute Gasteiger partial charge is 0.326 e. The average molecular weight is 574 g/mol. The normalized spacial score (nSPS) is 12.0. The minimum Gasteiger partial charge on any atom is -0.480 e. The zero-order valence-corrected chi connectivity index (χ0v) is 25.8. The number of carbonyl (C=O) groups is 1. The molecular formula is C35H43NO2S2. The maximum Gasteiger partial charge on any atom is 0.326 e. The Balaban J connectivity index is 1.63. The third kappa shape index (κ3) is 7.64. The Bertz CT molecular complexity index is 1320. The third-order valence-electron chi connectivity index (χ3n) is 7.57. The predicted molar refractivity (Wildman–Crippen MR) is 174 cm³/mol. The van der Waals surface area contributed by atoms with Crippen LogP contribution in [0.1, 0.15) is 83.3 Å². The van der Waals surface area contributed by atoms with E-state index in [0.29, 0.717) is 0 Å². The molecule has 212 valence electrons. The van der Waals surface area contributed by atoms with E-state index in [1.807, 2.05) is 57.9 Å². The molecule has 0 spiro atoms. The summed E-state index contributed by atoms with van der Waals surface area (Å²) in [6.45, 7) is 6.28. The molecule has 40 heavy (non-hydrogen) atoms. The molecule has 0 amide bonds. The topological polar surface area (TPSA) is 40.5 Å². The van der Waals surface area contributed by atoms with Crippen LogP contribution in [0.15, 0.2) is 72.1 Å². The van der Waals surface area contributed by atoms with Gasteiger partial charge in [-0.1, -0.05) is 82.7 Å². The molecule has 5 heteroatoms. The summed E-state index contributed by atoms with van der Waals surface area (Å²) in [4.78, 5) is 18.0. The van der Waals surface area contributed by atoms with Crippen LogP contribution in [0.25, 0.3) is 20.2 Å². The number of thiophene rings is 2. The SMILES string of the molecule is CCCCCCc1ccsc1-c1sc(-c2ccc(N(c3ccccc3)[C@@H](C)C(=O)O)cc2)cc1CCCCCC. The Morgan fingerprint density at radius 1 is 0.775 bits per heavy atom. The fourth-order valence-corrected chi connectivity index (χ4v) is 7.63. The van der Waals surface area contributed by atoms with E-state index in [2.05, 4.69) is 55.6 Å². The quantitative estimate of drug-likeness (QED) is 0.136. The number of hydrogen-bond acceptors (Lipinski definition) is 4. The minimum absolute atomic E-state index is 0.675. The zero-order valence-electron chi connectivity index (χ0n) is 24.2. The second-order valence-corrected chi connectivity index (χ2v) is 12.6. The fourth-order valence-electron chi connectivity index (χ4n) is 5.25. The summed E-state index contributed by atoms with van der Waals surface area (Å²) < 4.78 is 0. The first-order valence-electron chi connectivity index (χ1n) is 14.9. The number of hydrogen-bond donors (Lipinski definition) is 1. The monoisotopic (exact) mass is 573 g/mol. The van der Waals surface area contributed by atoms with Crippen LogP contribution in [0.4, 0.5) is 11.4 Å². The predicted octanol–water partition coefficient (Wildman–Crippen LogP) is 11.0. The lowest BCUT2D eigenvalue weighted by Gasteiger charge is -2.29. The van der Waals surface area contributed by atoms with E-state index >= 15 is 0 Å². The van der Waals surface area contributed by atoms with Gasteiger partial charge in [0, 0.05) is 26.0 Å². The number of benzene rings is 2. The molecule has 4 aromatic rings. The number of anilines is 2. The highest BCUT2D eigenvalue weighted by Gasteiger charge is 2.23. The van der Waals surface area contributed by atoms with Gasteiger partial charge >= 0.3 is 5.97 Å². The summed E-state index contributed by atoms with van der Waals surface area (Å²) in [5, 5.41) is 12.1. The molecular weight excluding hydrogens is 531 g/mol. The molecule has 2 aromatic carbocycles. The number of aliphatic carboxylic acids is 1. The van der Waals surface area contributed by atoms with Crippen molar-refractivity contribution < 1.29 is 9.90 Å². The molecule has 0 bridgehead atoms. The lowest BCUT2D eigenvalue weighted by Crippen LogP contribution is -2.35. The maximum absolute atomic E-state index is 11.9. The lowest BCUT2D eigenvalue weighted by molar-refractivity contribution is -0.138. The number of rotatable bonds is 16. The second-order valence-electron chi connectivity index (χ2n) is 10.6. The molecule has 4 rings (SSSR count). The van der Waals surface area contributed by atoms with Crippen molar-refractivity contribution in [2.45, 2.75) is 91.0 Å². The van der Waals surface area contributed by atoms with Gasteiger partial charge in [0.2, 0.25) is 0 Å². The number of unbranched alkanes of at least 4 members (excludes halogenated alkanes) is 6. The summed E-state index contributed by atoms with van der Waals surface area (Å²) in [5.74, 6) is -0.843. The Morgan fingerprint density at radius 3 is 2.02 bits per heavy atom. The maximum atomic E-state index is 11.9. The van der Waals surface area contributed by atoms with E-state index in [9.17, 15) is 9.90 Å². The van der Waals surface area contributed by atoms with Gasteiger partial charge in [0.05, 0.1) is 0 Å². The van der Waals surface area contributed by atoms with Crippen LogP contribution in [-0.4, -0.2) is 17.1 Å². The number of carboxylic acid groups (broad SMARTS) is 1. The highest BCUT2D eigenvalue weighted by atomic mass is 32.1. The Hall–Kier alpha value is -2.89. The first kappa shape index (κ1) is 30.1. The molecule has 0 saturated heterocycles. The summed E-state index contributed by atoms with van der Waals surface area (Å²) >= 11 is 3.81. The van der Waals surface area contributed by atoms with E-state index in [1.54, 1.807) is 6.92 Å². The highest BCUT2D eigenvalue weighted by molar-refractivity contribution is 7.23. The largest absolute Gasteiger partial charge is 0.480 e. The molecule has 0 unspecified atom stereocenters. The summed E-state index contributed by atoms with van der Waals surface area (Å²) in [5.41, 5.74) is 5.92. The molecule has 0 fully saturated rings. The molecule has 2 aromatic heterocycles. The van der Waals surface area contributed by atoms with Crippen LogP contribution >= 0.6 is 22.7 Å². The third-order valence-corrected chi connectivity index (χ3v) is 9.92. The molecule has 0 aliphatic carbocycles. The van der Waals surface area contributed by atoms with Gasteiger partial charge < -0.3 is 10.0 Å². The van der Waals surface area contributed by atoms with Crippen molar-refractivity contribution in [3.8, 4) is 20.2 Å². The Kier molecular flexibility index (Phi) is 11.4. The first-order valence-corrected chi connectivity index (χ1v) is 16.6. The van der Waals surface area contributed by atoms with Crippen LogP contribution in [-0.2, 0) is 17.6 Å². The van der Waals surface area contributed by atoms with Gasteiger partial charge in [-0.3, -0.25) is 0 Å². The molecule has 0 aliphatic rings. The highest BCUT2D eigenvalue weighted by Crippen LogP contribution is 2.43. The number of carboxylic acids is 1. The van der Waals surface area contributed by atoms with Crippen molar-refractivity contribution in [2.75, 3.05) is 4.90 Å². The molecule has 0 radical (unpaired) electrons. The molecule has 2 heterocycles. The van der Waals surface area contributed by atoms with E-state index in [-0.39, 0.29) is 0 Å². The van der Waals surface area contributed by atoms with Gasteiger partial charge in [0.1, 0.15) is 6.04 Å². The van der Waals surface area contributed by atoms with Crippen molar-refractivity contribution in [2.24, 2.45) is 0 Å². The van der Waals surface area contributed by atoms with Crippen molar-refractivity contribution in [1.29, 1.82) is 0 Å². The molecule has 0 saturated carbocycles. The number of para-hydroxylation sites is 1. The van der Waals surface area contributed by atoms with Gasteiger partial charge in [-0.05, 0) is 91.1 Å². The summed E-state index contributed by atoms with van der Waals surface area (Å²) in [6, 6.07) is 22.3. The Morgan fingerprint density at radius 2 is 1.40 bits per heavy atom. The van der Waals surface area contributed by atoms with E-state index in [0.717, 1.165) is 24.2 Å². The van der Waals surface area contributed by atoms with Crippen molar-refractivity contribution in [3.63, 3.8) is 0 Å². The number of aryl methyl sites for hydroxylation is 2. The summed E-state index contributed by atoms with van der Waals surface area (Å²) in [6.07, 6.45) is 12.5. The fraction of sp³-hybridized carbons (Fsp3) is 0.400. The van der Waals surface area contributed by atoms with Gasteiger partial charge in [-0.2, -0.15) is 0 Å². The van der Waals surface area contributed by atoms with Crippen LogP contribution in [0, 0.1) is 0 Å². The van der Waals surface area contributed by atoms with E-state index in [1.165, 1.54) is 82.7 Å². The second kappa shape index (κ2) is 15.2. The van der Waals surface area contributed by atoms with Gasteiger partial charge in [0.25, 0.3) is 0 Å². The van der Waals surface area contributed by atoms with Crippen LogP contribution in [0.2, 0.25) is 0 Å². The Labute approximate surface area is 248 Å². The van der Waals surface area contributed by atoms with Crippen molar-refractivity contribution in [3.05, 3.63) is 83.2 Å². The van der Waals surface area contributed by atoms with Gasteiger partial charge in [0.15, 0.2) is 0 Å². The average Bonchev–Trinajstić information content (AvgIpc) is 3.61. The van der Waals surface area contributed by atoms with Crippen molar-refractivity contribution >= 4 is 40.0 Å². The van der Waals surface area contributed by atoms with Gasteiger partial charge in [-0.25, -0.2) is 4.79 Å². The lowest BCUT2D eigenvalue weighted by atomic mass is 10.0. The molecule has 0 aliphatic heterocycles. The molecule has 3 nitrogen and oxygen atoms in total. The van der Waals surface area contributed by atoms with E-state index in [4.69, 9.17) is 0 Å². The number of nitrogens with zero attached hydrogens (tertiary/aromatic N) is 1. The zero-order chi connectivity index (χ0) is 28.3. The van der Waals surface area contributed by atoms with Crippen LogP contribution in [0.3, 0.4) is 0 Å². The van der Waals surface area contributed by atoms with Crippen LogP contribution in [0.5, 0.6) is 0 Å². The first-order chi connectivity index (χ1) is 19.5. The standard InChI is InChI=1S/C35H43NO2S2/c1-4-6-8-11-15-28-23-24-39-33(28)34-29(16-12-9-7-5-2)25-32(40-34)27-19-21-31(22-20-27)36(26(3)35(37)38)30-17-13-10-14-18-30/h10,13-14,17-26H,4-9,11-12,15-16H2,1-3H3,(H,37,38)/t26-/m0/s1. The molecule has 1 N–H and O–H groups in total.